The van der Waals surface area contributed by atoms with Gasteiger partial charge in [0.25, 0.3) is 11.5 Å². The molecular weight excluding hydrogens is 394 g/mol. The number of rotatable bonds is 4. The number of aromatic amines is 1. The summed E-state index contributed by atoms with van der Waals surface area (Å²) in [6.07, 6.45) is 1.99. The number of fused-ring (bicyclic) bond motifs is 1. The van der Waals surface area contributed by atoms with Crippen molar-refractivity contribution in [1.29, 1.82) is 0 Å². The van der Waals surface area contributed by atoms with Crippen molar-refractivity contribution in [3.63, 3.8) is 0 Å². The number of H-pyrrole nitrogens is 1. The highest BCUT2D eigenvalue weighted by Gasteiger charge is 2.35. The van der Waals surface area contributed by atoms with Gasteiger partial charge in [-0.25, -0.2) is 5.10 Å². The van der Waals surface area contributed by atoms with Crippen LogP contribution in [0.5, 0.6) is 0 Å². The SMILES string of the molecule is O=C(c1cccc(Nc2n[nH]c(=O)c3ccccc23)c1)N1CCN(C(=O)C2CC2)CC1. The summed E-state index contributed by atoms with van der Waals surface area (Å²) in [6, 6.07) is 14.5. The van der Waals surface area contributed by atoms with Gasteiger partial charge in [-0.1, -0.05) is 24.3 Å². The fourth-order valence-corrected chi connectivity index (χ4v) is 3.98. The third-order valence-electron chi connectivity index (χ3n) is 5.87. The van der Waals surface area contributed by atoms with Crippen molar-refractivity contribution >= 4 is 34.1 Å². The lowest BCUT2D eigenvalue weighted by Gasteiger charge is -2.35. The molecule has 1 aliphatic heterocycles. The molecule has 158 valence electrons. The van der Waals surface area contributed by atoms with Crippen molar-refractivity contribution in [2.75, 3.05) is 31.5 Å². The van der Waals surface area contributed by atoms with Crippen molar-refractivity contribution in [2.24, 2.45) is 5.92 Å². The number of nitrogens with one attached hydrogen (secondary N) is 2. The Morgan fingerprint density at radius 1 is 0.935 bits per heavy atom. The average molecular weight is 417 g/mol. The van der Waals surface area contributed by atoms with Gasteiger partial charge < -0.3 is 15.1 Å². The monoisotopic (exact) mass is 417 g/mol. The molecule has 0 atom stereocenters. The van der Waals surface area contributed by atoms with E-state index in [1.807, 2.05) is 29.2 Å². The number of anilines is 2. The van der Waals surface area contributed by atoms with Gasteiger partial charge in [0.2, 0.25) is 5.91 Å². The Hall–Kier alpha value is -3.68. The maximum Gasteiger partial charge on any atom is 0.272 e. The minimum atomic E-state index is -0.246. The maximum absolute atomic E-state index is 13.0. The topological polar surface area (TPSA) is 98.4 Å². The molecule has 1 saturated heterocycles. The molecule has 5 rings (SSSR count). The molecule has 0 spiro atoms. The smallest absolute Gasteiger partial charge is 0.272 e. The minimum absolute atomic E-state index is 0.0542. The number of piperazine rings is 1. The molecule has 1 aromatic heterocycles. The Morgan fingerprint density at radius 2 is 1.65 bits per heavy atom. The Balaban J connectivity index is 1.31. The number of carbonyl (C=O) groups excluding carboxylic acids is 2. The second-order valence-corrected chi connectivity index (χ2v) is 8.04. The summed E-state index contributed by atoms with van der Waals surface area (Å²) in [5.74, 6) is 0.912. The summed E-state index contributed by atoms with van der Waals surface area (Å²) >= 11 is 0. The molecule has 2 fully saturated rings. The van der Waals surface area contributed by atoms with Gasteiger partial charge in [-0.3, -0.25) is 14.4 Å². The number of nitrogens with zero attached hydrogens (tertiary/aromatic N) is 3. The van der Waals surface area contributed by atoms with Crippen molar-refractivity contribution in [3.8, 4) is 0 Å². The largest absolute Gasteiger partial charge is 0.339 e. The predicted molar refractivity (Wildman–Crippen MR) is 117 cm³/mol. The van der Waals surface area contributed by atoms with Crippen LogP contribution in [0.25, 0.3) is 10.8 Å². The molecule has 2 heterocycles. The first-order valence-corrected chi connectivity index (χ1v) is 10.5. The number of benzene rings is 2. The van der Waals surface area contributed by atoms with Crippen LogP contribution < -0.4 is 10.9 Å². The molecule has 2 N–H and O–H groups in total. The van der Waals surface area contributed by atoms with E-state index in [0.717, 1.165) is 12.8 Å². The van der Waals surface area contributed by atoms with Crippen molar-refractivity contribution in [3.05, 3.63) is 64.4 Å². The highest BCUT2D eigenvalue weighted by atomic mass is 16.2. The molecule has 31 heavy (non-hydrogen) atoms. The van der Waals surface area contributed by atoms with Crippen LogP contribution in [-0.2, 0) is 4.79 Å². The van der Waals surface area contributed by atoms with E-state index in [9.17, 15) is 14.4 Å². The zero-order valence-electron chi connectivity index (χ0n) is 17.0. The van der Waals surface area contributed by atoms with E-state index in [1.165, 1.54) is 0 Å². The molecule has 8 heteroatoms. The number of carbonyl (C=O) groups is 2. The quantitative estimate of drug-likeness (QED) is 0.679. The fourth-order valence-electron chi connectivity index (χ4n) is 3.98. The minimum Gasteiger partial charge on any atom is -0.339 e. The van der Waals surface area contributed by atoms with E-state index < -0.39 is 0 Å². The maximum atomic E-state index is 13.0. The van der Waals surface area contributed by atoms with E-state index in [4.69, 9.17) is 0 Å². The molecule has 3 aromatic rings. The van der Waals surface area contributed by atoms with Gasteiger partial charge in [-0.2, -0.15) is 5.10 Å². The molecule has 0 unspecified atom stereocenters. The van der Waals surface area contributed by atoms with Gasteiger partial charge in [-0.05, 0) is 37.1 Å². The van der Waals surface area contributed by atoms with Crippen LogP contribution in [0, 0.1) is 5.92 Å². The third-order valence-corrected chi connectivity index (χ3v) is 5.87. The molecule has 0 radical (unpaired) electrons. The standard InChI is InChI=1S/C23H23N5O3/c29-21-19-7-2-1-6-18(19)20(25-26-21)24-17-5-3-4-16(14-17)23(31)28-12-10-27(11-13-28)22(30)15-8-9-15/h1-7,14-15H,8-13H2,(H,24,25)(H,26,29). The van der Waals surface area contributed by atoms with Gasteiger partial charge >= 0.3 is 0 Å². The zero-order valence-corrected chi connectivity index (χ0v) is 17.0. The molecular formula is C23H23N5O3. The van der Waals surface area contributed by atoms with Crippen LogP contribution in [0.3, 0.4) is 0 Å². The first-order chi connectivity index (χ1) is 15.1. The molecule has 8 nitrogen and oxygen atoms in total. The van der Waals surface area contributed by atoms with Crippen molar-refractivity contribution in [2.45, 2.75) is 12.8 Å². The van der Waals surface area contributed by atoms with Gasteiger partial charge in [0.1, 0.15) is 0 Å². The van der Waals surface area contributed by atoms with Crippen LogP contribution >= 0.6 is 0 Å². The molecule has 2 aliphatic rings. The number of aromatic nitrogens is 2. The van der Waals surface area contributed by atoms with Crippen LogP contribution in [0.1, 0.15) is 23.2 Å². The van der Waals surface area contributed by atoms with E-state index in [0.29, 0.717) is 54.0 Å². The van der Waals surface area contributed by atoms with E-state index in [-0.39, 0.29) is 23.3 Å². The number of amides is 2. The molecule has 1 aliphatic carbocycles. The summed E-state index contributed by atoms with van der Waals surface area (Å²) in [4.78, 5) is 40.9. The summed E-state index contributed by atoms with van der Waals surface area (Å²) in [7, 11) is 0. The zero-order chi connectivity index (χ0) is 21.4. The number of hydrogen-bond acceptors (Lipinski definition) is 5. The normalized spacial score (nSPS) is 16.4. The number of hydrogen-bond donors (Lipinski definition) is 2. The summed E-state index contributed by atoms with van der Waals surface area (Å²) in [5, 5.41) is 11.1. The summed E-state index contributed by atoms with van der Waals surface area (Å²) in [6.45, 7) is 2.26. The van der Waals surface area contributed by atoms with E-state index >= 15 is 0 Å². The Kier molecular flexibility index (Phi) is 4.89. The molecule has 2 aromatic carbocycles. The summed E-state index contributed by atoms with van der Waals surface area (Å²) < 4.78 is 0. The highest BCUT2D eigenvalue weighted by molar-refractivity contribution is 5.96. The van der Waals surface area contributed by atoms with E-state index in [1.54, 1.807) is 29.2 Å². The fraction of sp³-hybridized carbons (Fsp3) is 0.304. The lowest BCUT2D eigenvalue weighted by molar-refractivity contribution is -0.134. The summed E-state index contributed by atoms with van der Waals surface area (Å²) in [5.41, 5.74) is 1.03. The second kappa shape index (κ2) is 7.86. The van der Waals surface area contributed by atoms with Crippen molar-refractivity contribution < 1.29 is 9.59 Å². The van der Waals surface area contributed by atoms with Crippen LogP contribution in [-0.4, -0.2) is 58.0 Å². The first kappa shape index (κ1) is 19.3. The van der Waals surface area contributed by atoms with Gasteiger partial charge in [0.05, 0.1) is 5.39 Å². The second-order valence-electron chi connectivity index (χ2n) is 8.04. The lowest BCUT2D eigenvalue weighted by atomic mass is 10.1. The van der Waals surface area contributed by atoms with Gasteiger partial charge in [-0.15, -0.1) is 0 Å². The Bertz CT molecular complexity index is 1210. The Labute approximate surface area is 178 Å². The molecule has 1 saturated carbocycles. The van der Waals surface area contributed by atoms with Crippen LogP contribution in [0.2, 0.25) is 0 Å². The molecule has 0 bridgehead atoms. The lowest BCUT2D eigenvalue weighted by Crippen LogP contribution is -2.51. The highest BCUT2D eigenvalue weighted by Crippen LogP contribution is 2.31. The van der Waals surface area contributed by atoms with Crippen LogP contribution in [0.15, 0.2) is 53.3 Å². The van der Waals surface area contributed by atoms with Crippen LogP contribution in [0.4, 0.5) is 11.5 Å². The van der Waals surface area contributed by atoms with E-state index in [2.05, 4.69) is 15.5 Å². The third kappa shape index (κ3) is 3.88. The molecule has 2 amide bonds. The first-order valence-electron chi connectivity index (χ1n) is 10.5. The predicted octanol–water partition coefficient (Wildman–Crippen LogP) is 2.36. The Morgan fingerprint density at radius 3 is 2.39 bits per heavy atom. The van der Waals surface area contributed by atoms with Gasteiger partial charge in [0, 0.05) is 48.7 Å². The van der Waals surface area contributed by atoms with Crippen molar-refractivity contribution in [1.82, 2.24) is 20.0 Å². The van der Waals surface area contributed by atoms with Gasteiger partial charge in [0.15, 0.2) is 5.82 Å². The average Bonchev–Trinajstić information content (AvgIpc) is 3.66.